The lowest BCUT2D eigenvalue weighted by Gasteiger charge is -2.11. The van der Waals surface area contributed by atoms with Crippen LogP contribution in [-0.4, -0.2) is 17.2 Å². The molecule has 100 valence electrons. The van der Waals surface area contributed by atoms with E-state index in [2.05, 4.69) is 36.8 Å². The van der Waals surface area contributed by atoms with Gasteiger partial charge in [-0.25, -0.2) is 4.98 Å². The summed E-state index contributed by atoms with van der Waals surface area (Å²) in [6.45, 7) is -0.143. The van der Waals surface area contributed by atoms with Crippen LogP contribution in [0.1, 0.15) is 5.56 Å². The highest BCUT2D eigenvalue weighted by Crippen LogP contribution is 2.33. The second-order valence-corrected chi connectivity index (χ2v) is 5.44. The van der Waals surface area contributed by atoms with E-state index >= 15 is 0 Å². The zero-order valence-electron chi connectivity index (χ0n) is 10.1. The summed E-state index contributed by atoms with van der Waals surface area (Å²) in [4.78, 5) is 4.15. The molecule has 1 heterocycles. The van der Waals surface area contributed by atoms with E-state index < -0.39 is 0 Å². The monoisotopic (exact) mass is 387 g/mol. The minimum atomic E-state index is -0.143. The molecule has 0 saturated carbocycles. The Balaban J connectivity index is 2.31. The van der Waals surface area contributed by atoms with Gasteiger partial charge in [-0.1, -0.05) is 0 Å². The Bertz CT molecular complexity index is 590. The van der Waals surface area contributed by atoms with Crippen molar-refractivity contribution in [2.24, 2.45) is 0 Å². The van der Waals surface area contributed by atoms with Gasteiger partial charge >= 0.3 is 0 Å². The van der Waals surface area contributed by atoms with Gasteiger partial charge in [-0.05, 0) is 56.1 Å². The smallest absolute Gasteiger partial charge is 0.224 e. The lowest BCUT2D eigenvalue weighted by atomic mass is 10.3. The molecular weight excluding hydrogens is 378 g/mol. The first-order chi connectivity index (χ1) is 9.13. The number of methoxy groups -OCH3 is 1. The summed E-state index contributed by atoms with van der Waals surface area (Å²) in [5, 5.41) is 9.30. The number of aliphatic hydroxyl groups excluding tert-OH is 1. The summed E-state index contributed by atoms with van der Waals surface area (Å²) < 4.78 is 12.3. The molecule has 0 bridgehead atoms. The fourth-order valence-corrected chi connectivity index (χ4v) is 2.29. The topological polar surface area (TPSA) is 51.6 Å². The Kier molecular flexibility index (Phi) is 4.79. The van der Waals surface area contributed by atoms with Crippen LogP contribution in [-0.2, 0) is 6.61 Å². The zero-order valence-corrected chi connectivity index (χ0v) is 13.2. The molecule has 0 atom stereocenters. The van der Waals surface area contributed by atoms with E-state index in [0.29, 0.717) is 17.2 Å². The van der Waals surface area contributed by atoms with Crippen molar-refractivity contribution in [1.82, 2.24) is 4.98 Å². The van der Waals surface area contributed by atoms with Crippen LogP contribution in [0, 0.1) is 0 Å². The normalized spacial score (nSPS) is 10.3. The second kappa shape index (κ2) is 6.36. The number of hydrogen-bond acceptors (Lipinski definition) is 4. The Morgan fingerprint density at radius 2 is 2.05 bits per heavy atom. The van der Waals surface area contributed by atoms with Gasteiger partial charge in [0.1, 0.15) is 11.5 Å². The Morgan fingerprint density at radius 3 is 2.68 bits per heavy atom. The summed E-state index contributed by atoms with van der Waals surface area (Å²) in [6, 6.07) is 7.12. The van der Waals surface area contributed by atoms with Crippen LogP contribution in [0.4, 0.5) is 0 Å². The van der Waals surface area contributed by atoms with Gasteiger partial charge in [-0.15, -0.1) is 0 Å². The van der Waals surface area contributed by atoms with Crippen molar-refractivity contribution in [3.8, 4) is 17.4 Å². The highest BCUT2D eigenvalue weighted by atomic mass is 79.9. The maximum atomic E-state index is 9.30. The molecule has 19 heavy (non-hydrogen) atoms. The van der Waals surface area contributed by atoms with Crippen molar-refractivity contribution in [2.75, 3.05) is 7.11 Å². The fourth-order valence-electron chi connectivity index (χ4n) is 1.47. The number of aliphatic hydroxyl groups is 1. The Hall–Kier alpha value is -1.11. The minimum absolute atomic E-state index is 0.143. The molecule has 0 amide bonds. The molecule has 2 aromatic rings. The van der Waals surface area contributed by atoms with Crippen molar-refractivity contribution < 1.29 is 14.6 Å². The van der Waals surface area contributed by atoms with Crippen molar-refractivity contribution in [3.05, 3.63) is 45.0 Å². The van der Waals surface area contributed by atoms with Crippen LogP contribution in [0.15, 0.2) is 39.4 Å². The zero-order chi connectivity index (χ0) is 13.8. The van der Waals surface area contributed by atoms with Gasteiger partial charge in [0, 0.05) is 16.2 Å². The first kappa shape index (κ1) is 14.3. The number of pyridine rings is 1. The molecular formula is C13H11Br2NO3. The van der Waals surface area contributed by atoms with Gasteiger partial charge in [0.2, 0.25) is 5.88 Å². The van der Waals surface area contributed by atoms with Gasteiger partial charge in [0.25, 0.3) is 0 Å². The predicted molar refractivity (Wildman–Crippen MR) is 78.6 cm³/mol. The van der Waals surface area contributed by atoms with Gasteiger partial charge < -0.3 is 14.6 Å². The lowest BCUT2D eigenvalue weighted by molar-refractivity contribution is 0.275. The quantitative estimate of drug-likeness (QED) is 0.862. The van der Waals surface area contributed by atoms with Gasteiger partial charge in [0.15, 0.2) is 0 Å². The predicted octanol–water partition coefficient (Wildman–Crippen LogP) is 3.90. The molecule has 0 saturated heterocycles. The van der Waals surface area contributed by atoms with E-state index in [1.807, 2.05) is 0 Å². The molecule has 0 aliphatic carbocycles. The molecule has 0 aliphatic heterocycles. The van der Waals surface area contributed by atoms with Crippen LogP contribution in [0.3, 0.4) is 0 Å². The third kappa shape index (κ3) is 3.46. The minimum Gasteiger partial charge on any atom is -0.497 e. The maximum Gasteiger partial charge on any atom is 0.224 e. The highest BCUT2D eigenvalue weighted by Gasteiger charge is 2.10. The standard InChI is InChI=1S/C13H11Br2NO3/c1-18-10-2-3-12(11(15)5-10)19-13-8(7-17)4-9(14)6-16-13/h2-6,17H,7H2,1H3. The van der Waals surface area contributed by atoms with E-state index in [1.54, 1.807) is 37.6 Å². The summed E-state index contributed by atoms with van der Waals surface area (Å²) in [7, 11) is 1.60. The molecule has 0 radical (unpaired) electrons. The summed E-state index contributed by atoms with van der Waals surface area (Å²) in [5.74, 6) is 1.70. The van der Waals surface area contributed by atoms with E-state index in [1.165, 1.54) is 0 Å². The second-order valence-electron chi connectivity index (χ2n) is 3.67. The van der Waals surface area contributed by atoms with Crippen molar-refractivity contribution in [1.29, 1.82) is 0 Å². The molecule has 2 rings (SSSR count). The Morgan fingerprint density at radius 1 is 1.26 bits per heavy atom. The first-order valence-corrected chi connectivity index (χ1v) is 6.99. The number of hydrogen-bond donors (Lipinski definition) is 1. The van der Waals surface area contributed by atoms with Gasteiger partial charge in [-0.3, -0.25) is 0 Å². The van der Waals surface area contributed by atoms with E-state index in [0.717, 1.165) is 14.7 Å². The van der Waals surface area contributed by atoms with Crippen LogP contribution >= 0.6 is 31.9 Å². The SMILES string of the molecule is COc1ccc(Oc2ncc(Br)cc2CO)c(Br)c1. The van der Waals surface area contributed by atoms with E-state index in [-0.39, 0.29) is 6.61 Å². The van der Waals surface area contributed by atoms with Gasteiger partial charge in [-0.2, -0.15) is 0 Å². The van der Waals surface area contributed by atoms with Gasteiger partial charge in [0.05, 0.1) is 18.2 Å². The van der Waals surface area contributed by atoms with Crippen LogP contribution in [0.2, 0.25) is 0 Å². The summed E-state index contributed by atoms with van der Waals surface area (Å²) in [5.41, 5.74) is 0.608. The number of rotatable bonds is 4. The Labute approximate surface area is 127 Å². The summed E-state index contributed by atoms with van der Waals surface area (Å²) in [6.07, 6.45) is 1.62. The average molecular weight is 389 g/mol. The number of ether oxygens (including phenoxy) is 2. The number of benzene rings is 1. The largest absolute Gasteiger partial charge is 0.497 e. The van der Waals surface area contributed by atoms with E-state index in [9.17, 15) is 5.11 Å². The van der Waals surface area contributed by atoms with Crippen LogP contribution in [0.25, 0.3) is 0 Å². The molecule has 0 fully saturated rings. The molecule has 0 unspecified atom stereocenters. The number of halogens is 2. The third-order valence-electron chi connectivity index (χ3n) is 2.41. The molecule has 1 N–H and O–H groups in total. The third-order valence-corrected chi connectivity index (χ3v) is 3.46. The van der Waals surface area contributed by atoms with Crippen molar-refractivity contribution >= 4 is 31.9 Å². The van der Waals surface area contributed by atoms with Crippen LogP contribution < -0.4 is 9.47 Å². The van der Waals surface area contributed by atoms with Crippen molar-refractivity contribution in [2.45, 2.75) is 6.61 Å². The fraction of sp³-hybridized carbons (Fsp3) is 0.154. The first-order valence-electron chi connectivity index (χ1n) is 5.40. The highest BCUT2D eigenvalue weighted by molar-refractivity contribution is 9.10. The number of aromatic nitrogens is 1. The maximum absolute atomic E-state index is 9.30. The van der Waals surface area contributed by atoms with E-state index in [4.69, 9.17) is 9.47 Å². The molecule has 6 heteroatoms. The number of nitrogens with zero attached hydrogens (tertiary/aromatic N) is 1. The van der Waals surface area contributed by atoms with Crippen molar-refractivity contribution in [3.63, 3.8) is 0 Å². The lowest BCUT2D eigenvalue weighted by Crippen LogP contribution is -1.95. The van der Waals surface area contributed by atoms with Crippen LogP contribution in [0.5, 0.6) is 17.4 Å². The average Bonchev–Trinajstić information content (AvgIpc) is 2.42. The molecule has 1 aromatic heterocycles. The summed E-state index contributed by atoms with van der Waals surface area (Å²) >= 11 is 6.70. The molecule has 0 aliphatic rings. The molecule has 1 aromatic carbocycles. The molecule has 4 nitrogen and oxygen atoms in total. The molecule has 0 spiro atoms.